The Morgan fingerprint density at radius 2 is 1.57 bits per heavy atom. The van der Waals surface area contributed by atoms with Gasteiger partial charge in [-0.25, -0.2) is 4.98 Å². The van der Waals surface area contributed by atoms with Crippen LogP contribution in [0, 0.1) is 0 Å². The van der Waals surface area contributed by atoms with Gasteiger partial charge in [-0.05, 0) is 23.3 Å². The maximum Gasteiger partial charge on any atom is 0.233 e. The molecule has 0 unspecified atom stereocenters. The molecule has 4 nitrogen and oxygen atoms in total. The van der Waals surface area contributed by atoms with Crippen LogP contribution in [0.2, 0.25) is 0 Å². The van der Waals surface area contributed by atoms with Crippen LogP contribution in [0.1, 0.15) is 17.2 Å². The first-order valence-electron chi connectivity index (χ1n) is 9.14. The zero-order valence-corrected chi connectivity index (χ0v) is 16.4. The van der Waals surface area contributed by atoms with Crippen LogP contribution < -0.4 is 0 Å². The highest BCUT2D eigenvalue weighted by atomic mass is 32.2. The molecule has 4 aromatic rings. The van der Waals surface area contributed by atoms with Crippen LogP contribution in [0.3, 0.4) is 0 Å². The number of thioether (sulfide) groups is 1. The number of carbonyl (C=O) groups excluding carboxylic acids is 1. The highest BCUT2D eigenvalue weighted by molar-refractivity contribution is 7.99. The molecule has 0 aliphatic heterocycles. The molecule has 1 amide bonds. The molecule has 0 aliphatic rings. The van der Waals surface area contributed by atoms with Crippen molar-refractivity contribution < 1.29 is 4.79 Å². The highest BCUT2D eigenvalue weighted by Crippen LogP contribution is 2.28. The van der Waals surface area contributed by atoms with Crippen molar-refractivity contribution in [2.75, 3.05) is 12.8 Å². The number of imidazole rings is 1. The van der Waals surface area contributed by atoms with Gasteiger partial charge in [0.05, 0.1) is 23.5 Å². The Balaban J connectivity index is 1.55. The lowest BCUT2D eigenvalue weighted by molar-refractivity contribution is -0.128. The number of hydrogen-bond acceptors (Lipinski definition) is 3. The Labute approximate surface area is 168 Å². The van der Waals surface area contributed by atoms with Crippen molar-refractivity contribution in [2.45, 2.75) is 11.2 Å². The van der Waals surface area contributed by atoms with E-state index in [1.54, 1.807) is 0 Å². The fraction of sp³-hybridized carbons (Fsp3) is 0.130. The van der Waals surface area contributed by atoms with Crippen LogP contribution in [-0.2, 0) is 4.79 Å². The van der Waals surface area contributed by atoms with E-state index < -0.39 is 0 Å². The van der Waals surface area contributed by atoms with Gasteiger partial charge < -0.3 is 4.90 Å². The topological polar surface area (TPSA) is 37.6 Å². The molecule has 28 heavy (non-hydrogen) atoms. The predicted molar refractivity (Wildman–Crippen MR) is 113 cm³/mol. The summed E-state index contributed by atoms with van der Waals surface area (Å²) in [7, 11) is 1.87. The number of amides is 1. The van der Waals surface area contributed by atoms with Gasteiger partial charge in [0, 0.05) is 13.2 Å². The molecule has 2 aromatic heterocycles. The van der Waals surface area contributed by atoms with E-state index in [-0.39, 0.29) is 11.9 Å². The molecule has 0 fully saturated rings. The summed E-state index contributed by atoms with van der Waals surface area (Å²) < 4.78 is 2.00. The van der Waals surface area contributed by atoms with E-state index in [0.29, 0.717) is 5.75 Å². The quantitative estimate of drug-likeness (QED) is 0.451. The molecular weight excluding hydrogens is 366 g/mol. The molecule has 0 saturated heterocycles. The fourth-order valence-corrected chi connectivity index (χ4v) is 4.20. The van der Waals surface area contributed by atoms with Gasteiger partial charge in [-0.3, -0.25) is 9.20 Å². The van der Waals surface area contributed by atoms with Crippen LogP contribution in [0.5, 0.6) is 0 Å². The molecule has 2 aromatic carbocycles. The Morgan fingerprint density at radius 1 is 0.964 bits per heavy atom. The average Bonchev–Trinajstić information content (AvgIpc) is 3.17. The molecule has 140 valence electrons. The second-order valence-electron chi connectivity index (χ2n) is 6.55. The Bertz CT molecular complexity index is 1020. The molecule has 2 heterocycles. The normalized spacial score (nSPS) is 11.1. The summed E-state index contributed by atoms with van der Waals surface area (Å²) in [6, 6.07) is 26.1. The third-order valence-electron chi connectivity index (χ3n) is 4.74. The standard InChI is InChI=1S/C23H21N3OS/c1-25(21(27)17-28-23-24-16-20-14-8-9-15-26(20)23)22(18-10-4-2-5-11-18)19-12-6-3-7-13-19/h2-16,22H,17H2,1H3. The summed E-state index contributed by atoms with van der Waals surface area (Å²) in [6.45, 7) is 0. The van der Waals surface area contributed by atoms with Crippen LogP contribution in [-0.4, -0.2) is 33.0 Å². The van der Waals surface area contributed by atoms with Crippen molar-refractivity contribution in [1.82, 2.24) is 14.3 Å². The molecule has 0 spiro atoms. The molecule has 0 saturated carbocycles. The lowest BCUT2D eigenvalue weighted by Gasteiger charge is -2.29. The summed E-state index contributed by atoms with van der Waals surface area (Å²) in [4.78, 5) is 19.3. The molecule has 0 N–H and O–H groups in total. The van der Waals surface area contributed by atoms with E-state index in [2.05, 4.69) is 29.2 Å². The fourth-order valence-electron chi connectivity index (χ4n) is 3.31. The van der Waals surface area contributed by atoms with Gasteiger partial charge in [-0.2, -0.15) is 0 Å². The van der Waals surface area contributed by atoms with Crippen molar-refractivity contribution in [1.29, 1.82) is 0 Å². The largest absolute Gasteiger partial charge is 0.334 e. The molecular formula is C23H21N3OS. The van der Waals surface area contributed by atoms with Crippen molar-refractivity contribution in [3.8, 4) is 0 Å². The van der Waals surface area contributed by atoms with Crippen molar-refractivity contribution in [3.63, 3.8) is 0 Å². The van der Waals surface area contributed by atoms with E-state index in [9.17, 15) is 4.79 Å². The van der Waals surface area contributed by atoms with E-state index in [1.807, 2.05) is 83.3 Å². The summed E-state index contributed by atoms with van der Waals surface area (Å²) >= 11 is 1.46. The first-order chi connectivity index (χ1) is 13.7. The van der Waals surface area contributed by atoms with Gasteiger partial charge in [0.25, 0.3) is 0 Å². The SMILES string of the molecule is CN(C(=O)CSc1ncc2ccccn12)C(c1ccccc1)c1ccccc1. The molecule has 0 aliphatic carbocycles. The molecule has 4 rings (SSSR count). The van der Waals surface area contributed by atoms with Crippen LogP contribution in [0.15, 0.2) is 96.4 Å². The lowest BCUT2D eigenvalue weighted by Crippen LogP contribution is -2.33. The van der Waals surface area contributed by atoms with Crippen LogP contribution in [0.4, 0.5) is 0 Å². The summed E-state index contributed by atoms with van der Waals surface area (Å²) in [5.41, 5.74) is 3.22. The van der Waals surface area contributed by atoms with E-state index in [0.717, 1.165) is 21.8 Å². The number of pyridine rings is 1. The Kier molecular flexibility index (Phi) is 5.44. The van der Waals surface area contributed by atoms with Gasteiger partial charge in [0.15, 0.2) is 5.16 Å². The first-order valence-corrected chi connectivity index (χ1v) is 10.1. The number of aromatic nitrogens is 2. The van der Waals surface area contributed by atoms with Crippen molar-refractivity contribution in [2.24, 2.45) is 0 Å². The number of hydrogen-bond donors (Lipinski definition) is 0. The minimum atomic E-state index is -0.118. The number of nitrogens with zero attached hydrogens (tertiary/aromatic N) is 3. The number of fused-ring (bicyclic) bond motifs is 1. The predicted octanol–water partition coefficient (Wildman–Crippen LogP) is 4.67. The number of carbonyl (C=O) groups is 1. The van der Waals surface area contributed by atoms with Gasteiger partial charge in [-0.1, -0.05) is 78.5 Å². The van der Waals surface area contributed by atoms with Gasteiger partial charge in [0.1, 0.15) is 0 Å². The molecule has 0 bridgehead atoms. The molecule has 5 heteroatoms. The second-order valence-corrected chi connectivity index (χ2v) is 7.50. The molecule has 0 radical (unpaired) electrons. The summed E-state index contributed by atoms with van der Waals surface area (Å²) in [5.74, 6) is 0.399. The smallest absolute Gasteiger partial charge is 0.233 e. The highest BCUT2D eigenvalue weighted by Gasteiger charge is 2.23. The number of benzene rings is 2. The van der Waals surface area contributed by atoms with E-state index >= 15 is 0 Å². The van der Waals surface area contributed by atoms with Crippen LogP contribution >= 0.6 is 11.8 Å². The van der Waals surface area contributed by atoms with E-state index in [1.165, 1.54) is 11.8 Å². The van der Waals surface area contributed by atoms with Gasteiger partial charge in [-0.15, -0.1) is 0 Å². The van der Waals surface area contributed by atoms with Crippen molar-refractivity contribution in [3.05, 3.63) is 102 Å². The monoisotopic (exact) mass is 387 g/mol. The zero-order chi connectivity index (χ0) is 19.3. The Morgan fingerprint density at radius 3 is 2.21 bits per heavy atom. The minimum Gasteiger partial charge on any atom is -0.334 e. The van der Waals surface area contributed by atoms with Crippen LogP contribution in [0.25, 0.3) is 5.52 Å². The molecule has 0 atom stereocenters. The zero-order valence-electron chi connectivity index (χ0n) is 15.6. The third kappa shape index (κ3) is 3.80. The third-order valence-corrected chi connectivity index (χ3v) is 5.69. The number of rotatable bonds is 6. The van der Waals surface area contributed by atoms with E-state index in [4.69, 9.17) is 0 Å². The summed E-state index contributed by atoms with van der Waals surface area (Å²) in [6.07, 6.45) is 3.79. The average molecular weight is 388 g/mol. The van der Waals surface area contributed by atoms with Crippen molar-refractivity contribution >= 4 is 23.2 Å². The minimum absolute atomic E-state index is 0.0652. The summed E-state index contributed by atoms with van der Waals surface area (Å²) in [5, 5.41) is 0.827. The van der Waals surface area contributed by atoms with Gasteiger partial charge >= 0.3 is 0 Å². The van der Waals surface area contributed by atoms with Gasteiger partial charge in [0.2, 0.25) is 5.91 Å². The maximum atomic E-state index is 13.0. The lowest BCUT2D eigenvalue weighted by atomic mass is 9.97. The first kappa shape index (κ1) is 18.3. The maximum absolute atomic E-state index is 13.0. The Hall–Kier alpha value is -3.05. The second kappa shape index (κ2) is 8.31.